The van der Waals surface area contributed by atoms with Crippen LogP contribution in [0.2, 0.25) is 5.15 Å². The molecule has 0 saturated heterocycles. The molecule has 2 aromatic heterocycles. The summed E-state index contributed by atoms with van der Waals surface area (Å²) in [5.74, 6) is -0.880. The minimum absolute atomic E-state index is 0.0116. The number of para-hydroxylation sites is 1. The maximum Gasteiger partial charge on any atom is 0.356 e. The minimum Gasteiger partial charge on any atom is -0.507 e. The molecule has 8 nitrogen and oxygen atoms in total. The zero-order valence-electron chi connectivity index (χ0n) is 18.1. The predicted molar refractivity (Wildman–Crippen MR) is 127 cm³/mol. The van der Waals surface area contributed by atoms with Gasteiger partial charge in [0.1, 0.15) is 16.7 Å². The summed E-state index contributed by atoms with van der Waals surface area (Å²) in [5, 5.41) is 23.5. The van der Waals surface area contributed by atoms with E-state index in [4.69, 9.17) is 16.6 Å². The van der Waals surface area contributed by atoms with Crippen molar-refractivity contribution in [3.05, 3.63) is 80.9 Å². The molecule has 4 rings (SSSR count). The number of fused-ring (bicyclic) bond motifs is 1. The third-order valence-corrected chi connectivity index (χ3v) is 5.61. The number of anilines is 1. The Balaban J connectivity index is 1.90. The minimum atomic E-state index is -1.21. The van der Waals surface area contributed by atoms with Gasteiger partial charge in [-0.2, -0.15) is 0 Å². The molecule has 2 heterocycles. The Kier molecular flexibility index (Phi) is 5.78. The van der Waals surface area contributed by atoms with Crippen molar-refractivity contribution >= 4 is 34.2 Å². The topological polar surface area (TPSA) is 117 Å². The Bertz CT molecular complexity index is 1470. The fourth-order valence-electron chi connectivity index (χ4n) is 3.81. The number of carboxylic acids is 1. The lowest BCUT2D eigenvalue weighted by molar-refractivity contribution is 0.0691. The highest BCUT2D eigenvalue weighted by atomic mass is 35.5. The number of hydrogen-bond acceptors (Lipinski definition) is 6. The van der Waals surface area contributed by atoms with Gasteiger partial charge in [-0.15, -0.1) is 0 Å². The second-order valence-electron chi connectivity index (χ2n) is 7.77. The van der Waals surface area contributed by atoms with Gasteiger partial charge in [-0.1, -0.05) is 29.8 Å². The van der Waals surface area contributed by atoms with Crippen molar-refractivity contribution in [1.29, 1.82) is 0 Å². The molecule has 0 fully saturated rings. The first-order valence-corrected chi connectivity index (χ1v) is 10.5. The number of rotatable bonds is 5. The van der Waals surface area contributed by atoms with Crippen molar-refractivity contribution in [1.82, 2.24) is 14.5 Å². The highest BCUT2D eigenvalue weighted by molar-refractivity contribution is 6.29. The Morgan fingerprint density at radius 1 is 1.15 bits per heavy atom. The normalized spacial score (nSPS) is 12.0. The largest absolute Gasteiger partial charge is 0.507 e. The van der Waals surface area contributed by atoms with Crippen LogP contribution in [0.3, 0.4) is 0 Å². The standard InChI is InChI=1S/C24H21ClN4O4/c1-12-10-15(13(2)26-17-8-9-19(25)27-21(17)24(32)33)20-16(11-12)23(31)29(3)22(28-20)14-6-4-5-7-18(14)30/h4-11,13,26,30H,1-3H3,(H,32,33)/t13-/m1/s1. The Labute approximate surface area is 194 Å². The number of hydrogen-bond donors (Lipinski definition) is 3. The van der Waals surface area contributed by atoms with Crippen molar-refractivity contribution in [3.8, 4) is 17.1 Å². The predicted octanol–water partition coefficient (Wildman–Crippen LogP) is 4.53. The van der Waals surface area contributed by atoms with Crippen LogP contribution < -0.4 is 10.9 Å². The molecule has 0 unspecified atom stereocenters. The molecule has 1 atom stereocenters. The van der Waals surface area contributed by atoms with E-state index in [-0.39, 0.29) is 22.2 Å². The van der Waals surface area contributed by atoms with E-state index in [2.05, 4.69) is 10.3 Å². The summed E-state index contributed by atoms with van der Waals surface area (Å²) >= 11 is 5.86. The van der Waals surface area contributed by atoms with Gasteiger partial charge in [0, 0.05) is 12.6 Å². The molecule has 4 aromatic rings. The van der Waals surface area contributed by atoms with Crippen LogP contribution in [0, 0.1) is 6.92 Å². The summed E-state index contributed by atoms with van der Waals surface area (Å²) in [4.78, 5) is 33.5. The summed E-state index contributed by atoms with van der Waals surface area (Å²) in [6.45, 7) is 3.71. The molecule has 0 aliphatic carbocycles. The maximum absolute atomic E-state index is 13.2. The highest BCUT2D eigenvalue weighted by Crippen LogP contribution is 2.31. The number of benzene rings is 2. The van der Waals surface area contributed by atoms with Gasteiger partial charge < -0.3 is 15.5 Å². The molecule has 168 valence electrons. The molecule has 0 saturated carbocycles. The molecule has 0 spiro atoms. The van der Waals surface area contributed by atoms with Crippen LogP contribution in [0.5, 0.6) is 5.75 Å². The number of aryl methyl sites for hydroxylation is 1. The summed E-state index contributed by atoms with van der Waals surface area (Å²) in [7, 11) is 1.61. The van der Waals surface area contributed by atoms with Gasteiger partial charge in [-0.25, -0.2) is 14.8 Å². The number of aromatic hydroxyl groups is 1. The Morgan fingerprint density at radius 3 is 2.58 bits per heavy atom. The first kappa shape index (κ1) is 22.3. The van der Waals surface area contributed by atoms with E-state index in [1.807, 2.05) is 19.9 Å². The van der Waals surface area contributed by atoms with Crippen LogP contribution in [0.4, 0.5) is 5.69 Å². The lowest BCUT2D eigenvalue weighted by Crippen LogP contribution is -2.22. The first-order valence-electron chi connectivity index (χ1n) is 10.1. The van der Waals surface area contributed by atoms with Crippen LogP contribution in [0.25, 0.3) is 22.3 Å². The van der Waals surface area contributed by atoms with Crippen LogP contribution in [0.15, 0.2) is 53.3 Å². The Hall–Kier alpha value is -3.91. The second-order valence-corrected chi connectivity index (χ2v) is 8.16. The molecule has 0 aliphatic heterocycles. The van der Waals surface area contributed by atoms with Crippen LogP contribution in [0.1, 0.15) is 34.6 Å². The number of phenols is 1. The van der Waals surface area contributed by atoms with E-state index < -0.39 is 12.0 Å². The van der Waals surface area contributed by atoms with Gasteiger partial charge in [-0.3, -0.25) is 9.36 Å². The fourth-order valence-corrected chi connectivity index (χ4v) is 3.96. The third-order valence-electron chi connectivity index (χ3n) is 5.40. The van der Waals surface area contributed by atoms with Crippen molar-refractivity contribution in [2.45, 2.75) is 19.9 Å². The average Bonchev–Trinajstić information content (AvgIpc) is 2.77. The summed E-state index contributed by atoms with van der Waals surface area (Å²) in [6, 6.07) is 13.0. The van der Waals surface area contributed by atoms with Gasteiger partial charge in [-0.05, 0) is 49.7 Å². The number of halogens is 1. The molecule has 33 heavy (non-hydrogen) atoms. The SMILES string of the molecule is Cc1cc([C@@H](C)Nc2ccc(Cl)nc2C(=O)O)c2nc(-c3ccccc3O)n(C)c(=O)c2c1. The van der Waals surface area contributed by atoms with E-state index >= 15 is 0 Å². The van der Waals surface area contributed by atoms with Crippen LogP contribution in [-0.4, -0.2) is 30.7 Å². The number of aromatic nitrogens is 3. The number of pyridine rings is 1. The second kappa shape index (κ2) is 8.55. The molecule has 9 heteroatoms. The lowest BCUT2D eigenvalue weighted by Gasteiger charge is -2.20. The number of nitrogens with zero attached hydrogens (tertiary/aromatic N) is 3. The van der Waals surface area contributed by atoms with Crippen LogP contribution in [-0.2, 0) is 7.05 Å². The van der Waals surface area contributed by atoms with E-state index in [1.165, 1.54) is 16.7 Å². The first-order chi connectivity index (χ1) is 15.7. The molecule has 0 aliphatic rings. The number of carbonyl (C=O) groups is 1. The maximum atomic E-state index is 13.2. The fraction of sp³-hybridized carbons (Fsp3) is 0.167. The van der Waals surface area contributed by atoms with E-state index in [1.54, 1.807) is 37.4 Å². The highest BCUT2D eigenvalue weighted by Gasteiger charge is 2.20. The molecule has 0 amide bonds. The van der Waals surface area contributed by atoms with Crippen molar-refractivity contribution in [2.24, 2.45) is 7.05 Å². The van der Waals surface area contributed by atoms with Gasteiger partial charge in [0.05, 0.1) is 28.2 Å². The third kappa shape index (κ3) is 4.12. The van der Waals surface area contributed by atoms with Crippen molar-refractivity contribution in [3.63, 3.8) is 0 Å². The van der Waals surface area contributed by atoms with Crippen LogP contribution >= 0.6 is 11.6 Å². The zero-order valence-corrected chi connectivity index (χ0v) is 18.9. The number of aromatic carboxylic acids is 1. The molecule has 0 radical (unpaired) electrons. The smallest absolute Gasteiger partial charge is 0.356 e. The average molecular weight is 465 g/mol. The summed E-state index contributed by atoms with van der Waals surface area (Å²) in [5.41, 5.74) is 2.28. The molecular formula is C24H21ClN4O4. The lowest BCUT2D eigenvalue weighted by atomic mass is 10.0. The number of carboxylic acid groups (broad SMARTS) is 1. The monoisotopic (exact) mass is 464 g/mol. The van der Waals surface area contributed by atoms with Gasteiger partial charge in [0.2, 0.25) is 0 Å². The van der Waals surface area contributed by atoms with E-state index in [0.29, 0.717) is 33.5 Å². The molecule has 0 bridgehead atoms. The zero-order chi connectivity index (χ0) is 23.9. The van der Waals surface area contributed by atoms with Gasteiger partial charge >= 0.3 is 5.97 Å². The van der Waals surface area contributed by atoms with Crippen molar-refractivity contribution < 1.29 is 15.0 Å². The van der Waals surface area contributed by atoms with E-state index in [9.17, 15) is 19.8 Å². The summed E-state index contributed by atoms with van der Waals surface area (Å²) in [6.07, 6.45) is 0. The summed E-state index contributed by atoms with van der Waals surface area (Å²) < 4.78 is 1.41. The molecule has 2 aromatic carbocycles. The Morgan fingerprint density at radius 2 is 1.88 bits per heavy atom. The number of nitrogens with one attached hydrogen (secondary N) is 1. The molecular weight excluding hydrogens is 444 g/mol. The van der Waals surface area contributed by atoms with E-state index in [0.717, 1.165) is 5.56 Å². The van der Waals surface area contributed by atoms with Crippen molar-refractivity contribution in [2.75, 3.05) is 5.32 Å². The quantitative estimate of drug-likeness (QED) is 0.371. The van der Waals surface area contributed by atoms with Gasteiger partial charge in [0.25, 0.3) is 5.56 Å². The van der Waals surface area contributed by atoms with Gasteiger partial charge in [0.15, 0.2) is 5.69 Å². The number of phenolic OH excluding ortho intramolecular Hbond substituents is 1. The molecule has 3 N–H and O–H groups in total.